The summed E-state index contributed by atoms with van der Waals surface area (Å²) in [4.78, 5) is 31.1. The van der Waals surface area contributed by atoms with E-state index in [1.54, 1.807) is 42.2 Å². The number of ether oxygens (including phenoxy) is 1. The van der Waals surface area contributed by atoms with Gasteiger partial charge >= 0.3 is 0 Å². The molecule has 0 spiro atoms. The molecule has 1 aliphatic rings. The van der Waals surface area contributed by atoms with Crippen LogP contribution in [0.15, 0.2) is 60.8 Å². The molecule has 0 saturated carbocycles. The van der Waals surface area contributed by atoms with E-state index in [9.17, 15) is 9.59 Å². The average molecular weight is 435 g/mol. The number of pyridine rings is 1. The lowest BCUT2D eigenvalue weighted by Crippen LogP contribution is -2.40. The first-order valence-electron chi connectivity index (χ1n) is 10.1. The molecule has 2 aromatic rings. The second kappa shape index (κ2) is 10.4. The first kappa shape index (κ1) is 22.7. The third-order valence-corrected chi connectivity index (χ3v) is 4.62. The normalized spacial score (nSPS) is 13.9. The van der Waals surface area contributed by atoms with Crippen LogP contribution in [0, 0.1) is 5.41 Å². The molecule has 1 aliphatic heterocycles. The Labute approximate surface area is 186 Å². The average Bonchev–Trinajstić information content (AvgIpc) is 2.78. The van der Waals surface area contributed by atoms with Crippen LogP contribution in [0.1, 0.15) is 17.3 Å². The van der Waals surface area contributed by atoms with Crippen LogP contribution in [0.5, 0.6) is 0 Å². The number of amides is 2. The molecule has 32 heavy (non-hydrogen) atoms. The van der Waals surface area contributed by atoms with Crippen molar-refractivity contribution in [2.75, 3.05) is 36.9 Å². The number of rotatable bonds is 6. The first-order chi connectivity index (χ1) is 15.4. The summed E-state index contributed by atoms with van der Waals surface area (Å²) in [5.74, 6) is -0.0900. The van der Waals surface area contributed by atoms with E-state index in [-0.39, 0.29) is 17.6 Å². The van der Waals surface area contributed by atoms with E-state index in [1.165, 1.54) is 12.2 Å². The molecule has 0 unspecified atom stereocenters. The lowest BCUT2D eigenvalue weighted by atomic mass is 10.1. The molecule has 0 atom stereocenters. The summed E-state index contributed by atoms with van der Waals surface area (Å²) in [6.07, 6.45) is 2.65. The topological polar surface area (TPSA) is 133 Å². The molecular weight excluding hydrogens is 408 g/mol. The van der Waals surface area contributed by atoms with Crippen molar-refractivity contribution in [3.05, 3.63) is 66.4 Å². The van der Waals surface area contributed by atoms with Gasteiger partial charge in [-0.25, -0.2) is 4.98 Å². The van der Waals surface area contributed by atoms with Crippen molar-refractivity contribution >= 4 is 29.2 Å². The van der Waals surface area contributed by atoms with Crippen molar-refractivity contribution in [3.63, 3.8) is 0 Å². The Morgan fingerprint density at radius 3 is 2.66 bits per heavy atom. The Kier molecular flexibility index (Phi) is 7.35. The van der Waals surface area contributed by atoms with Gasteiger partial charge in [-0.05, 0) is 43.3 Å². The second-order valence-electron chi connectivity index (χ2n) is 7.23. The minimum Gasteiger partial charge on any atom is -0.402 e. The van der Waals surface area contributed by atoms with E-state index in [4.69, 9.17) is 15.9 Å². The maximum Gasteiger partial charge on any atom is 0.254 e. The maximum atomic E-state index is 13.1. The predicted octanol–water partition coefficient (Wildman–Crippen LogP) is 2.60. The molecule has 1 aromatic heterocycles. The Hall–Kier alpha value is -3.98. The number of hydrogen-bond acceptors (Lipinski definition) is 6. The molecule has 9 nitrogen and oxygen atoms in total. The SMILES string of the molecule is C=CC(=O)Nc1cccc(-c2cc(C(=O)N3CCOCC3)cc(NC(=N)/C=C(/C)N)n2)c1. The summed E-state index contributed by atoms with van der Waals surface area (Å²) in [7, 11) is 0. The van der Waals surface area contributed by atoms with E-state index < -0.39 is 0 Å². The molecule has 3 rings (SSSR count). The number of carbonyl (C=O) groups is 2. The number of hydrogen-bond donors (Lipinski definition) is 4. The molecule has 9 heteroatoms. The number of aromatic nitrogens is 1. The predicted molar refractivity (Wildman–Crippen MR) is 125 cm³/mol. The monoisotopic (exact) mass is 434 g/mol. The number of nitrogens with one attached hydrogen (secondary N) is 3. The zero-order chi connectivity index (χ0) is 23.1. The zero-order valence-electron chi connectivity index (χ0n) is 17.9. The van der Waals surface area contributed by atoms with Crippen LogP contribution >= 0.6 is 0 Å². The number of benzene rings is 1. The van der Waals surface area contributed by atoms with Crippen LogP contribution in [0.3, 0.4) is 0 Å². The summed E-state index contributed by atoms with van der Waals surface area (Å²) >= 11 is 0. The van der Waals surface area contributed by atoms with Gasteiger partial charge in [0.15, 0.2) is 0 Å². The molecule has 0 radical (unpaired) electrons. The van der Waals surface area contributed by atoms with Crippen LogP contribution < -0.4 is 16.4 Å². The molecule has 0 aliphatic carbocycles. The zero-order valence-corrected chi connectivity index (χ0v) is 17.9. The Balaban J connectivity index is 1.99. The number of nitrogens with zero attached hydrogens (tertiary/aromatic N) is 2. The quantitative estimate of drug-likeness (QED) is 0.314. The van der Waals surface area contributed by atoms with Gasteiger partial charge in [0.1, 0.15) is 11.7 Å². The lowest BCUT2D eigenvalue weighted by Gasteiger charge is -2.27. The summed E-state index contributed by atoms with van der Waals surface area (Å²) in [5, 5.41) is 13.7. The summed E-state index contributed by atoms with van der Waals surface area (Å²) < 4.78 is 5.34. The van der Waals surface area contributed by atoms with Gasteiger partial charge in [0.05, 0.1) is 18.9 Å². The number of amidine groups is 1. The van der Waals surface area contributed by atoms with Gasteiger partial charge < -0.3 is 26.0 Å². The Bertz CT molecular complexity index is 1070. The van der Waals surface area contributed by atoms with Gasteiger partial charge in [0, 0.05) is 35.6 Å². The largest absolute Gasteiger partial charge is 0.402 e. The van der Waals surface area contributed by atoms with Gasteiger partial charge in [-0.3, -0.25) is 15.0 Å². The van der Waals surface area contributed by atoms with Crippen LogP contribution in [0.25, 0.3) is 11.3 Å². The highest BCUT2D eigenvalue weighted by molar-refractivity contribution is 6.03. The highest BCUT2D eigenvalue weighted by Gasteiger charge is 2.20. The third kappa shape index (κ3) is 6.02. The lowest BCUT2D eigenvalue weighted by molar-refractivity contribution is -0.111. The van der Waals surface area contributed by atoms with Crippen molar-refractivity contribution in [3.8, 4) is 11.3 Å². The van der Waals surface area contributed by atoms with E-state index in [0.29, 0.717) is 60.3 Å². The number of morpholine rings is 1. The van der Waals surface area contributed by atoms with Crippen molar-refractivity contribution in [1.29, 1.82) is 5.41 Å². The van der Waals surface area contributed by atoms with E-state index in [1.807, 2.05) is 6.07 Å². The Morgan fingerprint density at radius 2 is 1.97 bits per heavy atom. The highest BCUT2D eigenvalue weighted by atomic mass is 16.5. The molecule has 1 aromatic carbocycles. The smallest absolute Gasteiger partial charge is 0.254 e. The number of carbonyl (C=O) groups excluding carboxylic acids is 2. The van der Waals surface area contributed by atoms with Crippen molar-refractivity contribution in [2.45, 2.75) is 6.92 Å². The first-order valence-corrected chi connectivity index (χ1v) is 10.1. The highest BCUT2D eigenvalue weighted by Crippen LogP contribution is 2.25. The van der Waals surface area contributed by atoms with Crippen LogP contribution in [0.4, 0.5) is 11.5 Å². The molecular formula is C23H26N6O3. The van der Waals surface area contributed by atoms with Gasteiger partial charge in [-0.15, -0.1) is 0 Å². The van der Waals surface area contributed by atoms with Crippen LogP contribution in [-0.4, -0.2) is 53.8 Å². The molecule has 5 N–H and O–H groups in total. The molecule has 2 amide bonds. The van der Waals surface area contributed by atoms with E-state index >= 15 is 0 Å². The van der Waals surface area contributed by atoms with Gasteiger partial charge in [-0.2, -0.15) is 0 Å². The minimum atomic E-state index is -0.328. The fourth-order valence-corrected chi connectivity index (χ4v) is 3.17. The fraction of sp³-hybridized carbons (Fsp3) is 0.217. The summed E-state index contributed by atoms with van der Waals surface area (Å²) in [6.45, 7) is 7.13. The van der Waals surface area contributed by atoms with Gasteiger partial charge in [0.25, 0.3) is 5.91 Å². The van der Waals surface area contributed by atoms with Crippen LogP contribution in [0.2, 0.25) is 0 Å². The molecule has 1 saturated heterocycles. The fourth-order valence-electron chi connectivity index (χ4n) is 3.17. The number of anilines is 2. The van der Waals surface area contributed by atoms with Crippen molar-refractivity contribution in [1.82, 2.24) is 9.88 Å². The summed E-state index contributed by atoms with van der Waals surface area (Å²) in [5.41, 5.74) is 8.34. The number of nitrogens with two attached hydrogens (primary N) is 1. The van der Waals surface area contributed by atoms with Gasteiger partial charge in [-0.1, -0.05) is 18.7 Å². The van der Waals surface area contributed by atoms with Gasteiger partial charge in [0.2, 0.25) is 5.91 Å². The molecule has 166 valence electrons. The summed E-state index contributed by atoms with van der Waals surface area (Å²) in [6, 6.07) is 10.4. The second-order valence-corrected chi connectivity index (χ2v) is 7.23. The molecule has 2 heterocycles. The number of allylic oxidation sites excluding steroid dienone is 1. The molecule has 1 fully saturated rings. The van der Waals surface area contributed by atoms with E-state index in [0.717, 1.165) is 0 Å². The standard InChI is InChI=1S/C23H26N6O3/c1-3-22(30)26-18-6-4-5-16(12-18)19-13-17(23(31)29-7-9-32-10-8-29)14-21(27-19)28-20(25)11-15(2)24/h3-6,11-14H,1,7-10,24H2,2H3,(H,26,30)(H2,25,27,28)/b15-11-. The minimum absolute atomic E-state index is 0.0476. The Morgan fingerprint density at radius 1 is 1.22 bits per heavy atom. The van der Waals surface area contributed by atoms with E-state index in [2.05, 4.69) is 22.2 Å². The molecule has 0 bridgehead atoms. The maximum absolute atomic E-state index is 13.1. The van der Waals surface area contributed by atoms with Crippen molar-refractivity contribution in [2.24, 2.45) is 5.73 Å². The third-order valence-electron chi connectivity index (χ3n) is 4.62. The van der Waals surface area contributed by atoms with Crippen molar-refractivity contribution < 1.29 is 14.3 Å². The van der Waals surface area contributed by atoms with Crippen LogP contribution in [-0.2, 0) is 9.53 Å².